The Morgan fingerprint density at radius 2 is 2.07 bits per heavy atom. The van der Waals surface area contributed by atoms with Crippen LogP contribution < -0.4 is 5.32 Å². The van der Waals surface area contributed by atoms with Gasteiger partial charge in [0.2, 0.25) is 0 Å². The van der Waals surface area contributed by atoms with Crippen LogP contribution >= 0.6 is 11.8 Å². The first-order valence-electron chi connectivity index (χ1n) is 5.39. The van der Waals surface area contributed by atoms with Crippen molar-refractivity contribution in [3.8, 4) is 0 Å². The molecule has 0 saturated carbocycles. The molecule has 2 N–H and O–H groups in total. The number of likely N-dealkylation sites (N-methyl/N-ethyl adjacent to an activating group) is 1. The van der Waals surface area contributed by atoms with Gasteiger partial charge in [0.05, 0.1) is 6.61 Å². The van der Waals surface area contributed by atoms with Gasteiger partial charge in [0.25, 0.3) is 0 Å². The normalized spacial score (nSPS) is 12.7. The van der Waals surface area contributed by atoms with Crippen molar-refractivity contribution in [3.05, 3.63) is 30.3 Å². The summed E-state index contributed by atoms with van der Waals surface area (Å²) in [7, 11) is 0. The molecule has 15 heavy (non-hydrogen) atoms. The average molecular weight is 225 g/mol. The molecule has 1 aromatic carbocycles. The van der Waals surface area contributed by atoms with Crippen molar-refractivity contribution in [1.29, 1.82) is 0 Å². The van der Waals surface area contributed by atoms with Gasteiger partial charge in [-0.1, -0.05) is 25.1 Å². The molecule has 1 atom stereocenters. The Hall–Kier alpha value is -0.510. The fraction of sp³-hybridized carbons (Fsp3) is 0.500. The highest BCUT2D eigenvalue weighted by Gasteiger charge is 2.04. The monoisotopic (exact) mass is 225 g/mol. The van der Waals surface area contributed by atoms with Gasteiger partial charge in [-0.2, -0.15) is 0 Å². The van der Waals surface area contributed by atoms with Gasteiger partial charge in [0.15, 0.2) is 0 Å². The largest absolute Gasteiger partial charge is 0.395 e. The molecule has 0 amide bonds. The van der Waals surface area contributed by atoms with Gasteiger partial charge < -0.3 is 10.4 Å². The van der Waals surface area contributed by atoms with E-state index in [1.54, 1.807) is 0 Å². The number of benzene rings is 1. The molecular formula is C12H19NOS. The Kier molecular flexibility index (Phi) is 6.48. The van der Waals surface area contributed by atoms with Crippen LogP contribution in [-0.2, 0) is 0 Å². The number of hydrogen-bond acceptors (Lipinski definition) is 3. The summed E-state index contributed by atoms with van der Waals surface area (Å²) in [6, 6.07) is 10.6. The first-order chi connectivity index (χ1) is 7.36. The molecule has 1 unspecified atom stereocenters. The van der Waals surface area contributed by atoms with Crippen LogP contribution in [0.2, 0.25) is 0 Å². The second-order valence-corrected chi connectivity index (χ2v) is 4.56. The summed E-state index contributed by atoms with van der Waals surface area (Å²) < 4.78 is 0. The maximum Gasteiger partial charge on any atom is 0.0584 e. The highest BCUT2D eigenvalue weighted by molar-refractivity contribution is 7.99. The van der Waals surface area contributed by atoms with E-state index in [4.69, 9.17) is 5.11 Å². The van der Waals surface area contributed by atoms with Crippen molar-refractivity contribution in [2.45, 2.75) is 24.3 Å². The van der Waals surface area contributed by atoms with E-state index >= 15 is 0 Å². The second kappa shape index (κ2) is 7.74. The van der Waals surface area contributed by atoms with Crippen LogP contribution in [0.25, 0.3) is 0 Å². The zero-order valence-corrected chi connectivity index (χ0v) is 9.96. The van der Waals surface area contributed by atoms with Crippen molar-refractivity contribution in [2.75, 3.05) is 18.9 Å². The molecule has 2 nitrogen and oxygen atoms in total. The third-order valence-corrected chi connectivity index (χ3v) is 3.24. The van der Waals surface area contributed by atoms with E-state index in [0.29, 0.717) is 0 Å². The lowest BCUT2D eigenvalue weighted by Crippen LogP contribution is -2.32. The molecule has 0 aliphatic heterocycles. The Labute approximate surface area is 96.1 Å². The molecule has 1 aromatic rings. The molecule has 84 valence electrons. The average Bonchev–Trinajstić information content (AvgIpc) is 2.29. The molecule has 0 radical (unpaired) electrons. The van der Waals surface area contributed by atoms with Crippen LogP contribution in [-0.4, -0.2) is 30.1 Å². The summed E-state index contributed by atoms with van der Waals surface area (Å²) in [4.78, 5) is 1.30. The van der Waals surface area contributed by atoms with E-state index in [0.717, 1.165) is 18.7 Å². The quantitative estimate of drug-likeness (QED) is 0.697. The van der Waals surface area contributed by atoms with E-state index in [1.807, 2.05) is 17.8 Å². The number of hydrogen-bond donors (Lipinski definition) is 2. The number of aliphatic hydroxyl groups excluding tert-OH is 1. The van der Waals surface area contributed by atoms with Crippen molar-refractivity contribution in [1.82, 2.24) is 5.32 Å². The fourth-order valence-corrected chi connectivity index (χ4v) is 2.37. The SMILES string of the molecule is CCNC(CO)CCSc1ccccc1. The first-order valence-corrected chi connectivity index (χ1v) is 6.37. The highest BCUT2D eigenvalue weighted by Crippen LogP contribution is 2.18. The summed E-state index contributed by atoms with van der Waals surface area (Å²) >= 11 is 1.84. The van der Waals surface area contributed by atoms with Crippen LogP contribution in [0.3, 0.4) is 0 Å². The van der Waals surface area contributed by atoms with Crippen LogP contribution in [0.5, 0.6) is 0 Å². The van der Waals surface area contributed by atoms with Crippen LogP contribution in [0, 0.1) is 0 Å². The van der Waals surface area contributed by atoms with E-state index in [-0.39, 0.29) is 12.6 Å². The predicted octanol–water partition coefficient (Wildman–Crippen LogP) is 2.14. The van der Waals surface area contributed by atoms with Gasteiger partial charge in [0, 0.05) is 10.9 Å². The third kappa shape index (κ3) is 5.21. The fourth-order valence-electron chi connectivity index (χ4n) is 1.38. The van der Waals surface area contributed by atoms with Crippen molar-refractivity contribution in [2.24, 2.45) is 0 Å². The number of thioether (sulfide) groups is 1. The van der Waals surface area contributed by atoms with E-state index < -0.39 is 0 Å². The van der Waals surface area contributed by atoms with Gasteiger partial charge in [-0.3, -0.25) is 0 Å². The lowest BCUT2D eigenvalue weighted by Gasteiger charge is -2.14. The minimum absolute atomic E-state index is 0.225. The zero-order valence-electron chi connectivity index (χ0n) is 9.15. The minimum Gasteiger partial charge on any atom is -0.395 e. The molecule has 3 heteroatoms. The van der Waals surface area contributed by atoms with Crippen molar-refractivity contribution >= 4 is 11.8 Å². The van der Waals surface area contributed by atoms with E-state index in [2.05, 4.69) is 36.5 Å². The highest BCUT2D eigenvalue weighted by atomic mass is 32.2. The maximum absolute atomic E-state index is 9.08. The van der Waals surface area contributed by atoms with Gasteiger partial charge in [-0.05, 0) is 30.9 Å². The predicted molar refractivity (Wildman–Crippen MR) is 66.3 cm³/mol. The maximum atomic E-state index is 9.08. The summed E-state index contributed by atoms with van der Waals surface area (Å²) in [5.74, 6) is 1.04. The summed E-state index contributed by atoms with van der Waals surface area (Å²) in [5, 5.41) is 12.3. The van der Waals surface area contributed by atoms with E-state index in [1.165, 1.54) is 4.90 Å². The molecule has 0 spiro atoms. The Bertz CT molecular complexity index is 253. The minimum atomic E-state index is 0.225. The topological polar surface area (TPSA) is 32.3 Å². The number of rotatable bonds is 7. The molecule has 0 fully saturated rings. The Morgan fingerprint density at radius 3 is 2.67 bits per heavy atom. The van der Waals surface area contributed by atoms with E-state index in [9.17, 15) is 0 Å². The third-order valence-electron chi connectivity index (χ3n) is 2.19. The summed E-state index contributed by atoms with van der Waals surface area (Å²) in [6.07, 6.45) is 1.00. The Balaban J connectivity index is 2.20. The molecule has 0 bridgehead atoms. The number of aliphatic hydroxyl groups is 1. The van der Waals surface area contributed by atoms with Gasteiger partial charge >= 0.3 is 0 Å². The summed E-state index contributed by atoms with van der Waals surface area (Å²) in [6.45, 7) is 3.21. The molecule has 0 aliphatic carbocycles. The molecule has 0 aliphatic rings. The molecular weight excluding hydrogens is 206 g/mol. The molecule has 0 heterocycles. The molecule has 0 saturated heterocycles. The first kappa shape index (κ1) is 12.6. The molecule has 0 aromatic heterocycles. The van der Waals surface area contributed by atoms with Crippen LogP contribution in [0.15, 0.2) is 35.2 Å². The molecule has 1 rings (SSSR count). The van der Waals surface area contributed by atoms with Crippen molar-refractivity contribution < 1.29 is 5.11 Å². The van der Waals surface area contributed by atoms with Crippen LogP contribution in [0.4, 0.5) is 0 Å². The smallest absolute Gasteiger partial charge is 0.0584 e. The Morgan fingerprint density at radius 1 is 1.33 bits per heavy atom. The van der Waals surface area contributed by atoms with Crippen molar-refractivity contribution in [3.63, 3.8) is 0 Å². The summed E-state index contributed by atoms with van der Waals surface area (Å²) in [5.41, 5.74) is 0. The second-order valence-electron chi connectivity index (χ2n) is 3.39. The lowest BCUT2D eigenvalue weighted by molar-refractivity contribution is 0.242. The van der Waals surface area contributed by atoms with Gasteiger partial charge in [-0.25, -0.2) is 0 Å². The van der Waals surface area contributed by atoms with Gasteiger partial charge in [0.1, 0.15) is 0 Å². The lowest BCUT2D eigenvalue weighted by atomic mass is 10.2. The zero-order chi connectivity index (χ0) is 10.9. The van der Waals surface area contributed by atoms with Gasteiger partial charge in [-0.15, -0.1) is 11.8 Å². The standard InChI is InChI=1S/C12H19NOS/c1-2-13-11(10-14)8-9-15-12-6-4-3-5-7-12/h3-7,11,13-14H,2,8-10H2,1H3. The number of nitrogens with one attached hydrogen (secondary N) is 1. The van der Waals surface area contributed by atoms with Crippen LogP contribution in [0.1, 0.15) is 13.3 Å².